The zero-order chi connectivity index (χ0) is 11.5. The second-order valence-corrected chi connectivity index (χ2v) is 6.32. The molecule has 0 amide bonds. The molecule has 1 heterocycles. The van der Waals surface area contributed by atoms with Gasteiger partial charge in [-0.1, -0.05) is 40.5 Å². The second kappa shape index (κ2) is 5.70. The largest absolute Gasteiger partial charge is 0.370 e. The van der Waals surface area contributed by atoms with E-state index >= 15 is 0 Å². The highest BCUT2D eigenvalue weighted by Crippen LogP contribution is 2.38. The van der Waals surface area contributed by atoms with E-state index in [2.05, 4.69) is 36.7 Å². The molecule has 1 fully saturated rings. The predicted molar refractivity (Wildman–Crippen MR) is 69.7 cm³/mol. The Morgan fingerprint density at radius 3 is 2.87 bits per heavy atom. The first-order valence-electron chi connectivity index (χ1n) is 5.56. The zero-order valence-electron chi connectivity index (χ0n) is 9.67. The molecule has 4 atom stereocenters. The molecule has 88 valence electrons. The summed E-state index contributed by atoms with van der Waals surface area (Å²) in [7, 11) is 0. The molecule has 0 aliphatic carbocycles. The first-order chi connectivity index (χ1) is 6.99. The lowest BCUT2D eigenvalue weighted by Crippen LogP contribution is -2.46. The fourth-order valence-electron chi connectivity index (χ4n) is 1.98. The van der Waals surface area contributed by atoms with Crippen LogP contribution in [0.15, 0.2) is 11.6 Å². The summed E-state index contributed by atoms with van der Waals surface area (Å²) < 4.78 is 6.19. The maximum absolute atomic E-state index is 6.19. The van der Waals surface area contributed by atoms with Gasteiger partial charge >= 0.3 is 0 Å². The molecule has 1 aliphatic heterocycles. The van der Waals surface area contributed by atoms with Crippen molar-refractivity contribution in [2.45, 2.75) is 56.6 Å². The van der Waals surface area contributed by atoms with Gasteiger partial charge in [0.05, 0.1) is 11.7 Å². The van der Waals surface area contributed by atoms with Crippen LogP contribution in [-0.4, -0.2) is 16.5 Å². The molecular weight excluding hydrogens is 275 g/mol. The highest BCUT2D eigenvalue weighted by Gasteiger charge is 2.39. The average Bonchev–Trinajstić information content (AvgIpc) is 2.19. The van der Waals surface area contributed by atoms with Gasteiger partial charge in [-0.25, -0.2) is 0 Å². The number of alkyl halides is 1. The van der Waals surface area contributed by atoms with Crippen LogP contribution < -0.4 is 0 Å². The number of hydrogen-bond donors (Lipinski definition) is 0. The van der Waals surface area contributed by atoms with E-state index in [1.807, 2.05) is 6.08 Å². The van der Waals surface area contributed by atoms with Crippen LogP contribution in [-0.2, 0) is 4.74 Å². The van der Waals surface area contributed by atoms with Crippen molar-refractivity contribution < 1.29 is 4.74 Å². The highest BCUT2D eigenvalue weighted by atomic mass is 79.9. The van der Waals surface area contributed by atoms with Crippen LogP contribution >= 0.6 is 27.5 Å². The molecule has 1 aliphatic rings. The SMILES string of the molecule is C[C@H]1CC[C@](C)([C@@H](C)Br)O[C@H]1C/C=C/Cl. The normalized spacial score (nSPS) is 39.5. The first-order valence-corrected chi connectivity index (χ1v) is 6.92. The number of hydrogen-bond acceptors (Lipinski definition) is 1. The van der Waals surface area contributed by atoms with Crippen molar-refractivity contribution in [1.82, 2.24) is 0 Å². The maximum atomic E-state index is 6.19. The van der Waals surface area contributed by atoms with E-state index in [4.69, 9.17) is 16.3 Å². The highest BCUT2D eigenvalue weighted by molar-refractivity contribution is 9.09. The fourth-order valence-corrected chi connectivity index (χ4v) is 2.42. The smallest absolute Gasteiger partial charge is 0.0780 e. The number of ether oxygens (including phenoxy) is 1. The second-order valence-electron chi connectivity index (χ2n) is 4.70. The third kappa shape index (κ3) is 3.47. The molecule has 0 aromatic rings. The quantitative estimate of drug-likeness (QED) is 0.697. The van der Waals surface area contributed by atoms with Crippen molar-refractivity contribution in [3.05, 3.63) is 11.6 Å². The molecule has 0 unspecified atom stereocenters. The summed E-state index contributed by atoms with van der Waals surface area (Å²) in [6.45, 7) is 6.60. The fraction of sp³-hybridized carbons (Fsp3) is 0.833. The van der Waals surface area contributed by atoms with Crippen LogP contribution in [0.2, 0.25) is 0 Å². The molecule has 0 bridgehead atoms. The Balaban J connectivity index is 2.63. The third-order valence-corrected chi connectivity index (χ3v) is 4.60. The summed E-state index contributed by atoms with van der Waals surface area (Å²) in [4.78, 5) is 0.389. The van der Waals surface area contributed by atoms with Crippen LogP contribution in [0, 0.1) is 5.92 Å². The van der Waals surface area contributed by atoms with E-state index in [1.54, 1.807) is 5.54 Å². The summed E-state index contributed by atoms with van der Waals surface area (Å²) in [5.41, 5.74) is 1.55. The van der Waals surface area contributed by atoms with Gasteiger partial charge in [0.15, 0.2) is 0 Å². The van der Waals surface area contributed by atoms with Gasteiger partial charge in [0.2, 0.25) is 0 Å². The summed E-state index contributed by atoms with van der Waals surface area (Å²) in [6, 6.07) is 0. The summed E-state index contributed by atoms with van der Waals surface area (Å²) in [5.74, 6) is 0.622. The topological polar surface area (TPSA) is 9.23 Å². The first kappa shape index (κ1) is 13.5. The molecule has 0 N–H and O–H groups in total. The van der Waals surface area contributed by atoms with Crippen LogP contribution in [0.3, 0.4) is 0 Å². The van der Waals surface area contributed by atoms with Crippen molar-refractivity contribution >= 4 is 27.5 Å². The van der Waals surface area contributed by atoms with E-state index in [0.29, 0.717) is 16.8 Å². The molecular formula is C12H20BrClO. The molecule has 0 saturated carbocycles. The van der Waals surface area contributed by atoms with Gasteiger partial charge in [0.25, 0.3) is 0 Å². The Morgan fingerprint density at radius 1 is 1.67 bits per heavy atom. The molecule has 0 spiro atoms. The van der Waals surface area contributed by atoms with Crippen molar-refractivity contribution in [3.63, 3.8) is 0 Å². The Hall–Kier alpha value is 0.470. The van der Waals surface area contributed by atoms with Crippen LogP contribution in [0.1, 0.15) is 40.0 Å². The lowest BCUT2D eigenvalue weighted by atomic mass is 9.84. The standard InChI is InChI=1S/C12H20BrClO/c1-9-6-7-12(3,10(2)13)15-11(9)5-4-8-14/h4,8-11H,5-7H2,1-3H3/b8-4+/t9-,10+,11-,12+/m0/s1. The maximum Gasteiger partial charge on any atom is 0.0780 e. The van der Waals surface area contributed by atoms with Gasteiger partial charge in [-0.15, -0.1) is 0 Å². The minimum Gasteiger partial charge on any atom is -0.370 e. The van der Waals surface area contributed by atoms with Crippen LogP contribution in [0.25, 0.3) is 0 Å². The van der Waals surface area contributed by atoms with Gasteiger partial charge in [0.1, 0.15) is 0 Å². The van der Waals surface area contributed by atoms with Crippen molar-refractivity contribution in [2.24, 2.45) is 5.92 Å². The van der Waals surface area contributed by atoms with Gasteiger partial charge < -0.3 is 4.74 Å². The lowest BCUT2D eigenvalue weighted by molar-refractivity contribution is -0.136. The molecule has 1 nitrogen and oxygen atoms in total. The third-order valence-electron chi connectivity index (χ3n) is 3.45. The number of halogens is 2. The average molecular weight is 296 g/mol. The summed E-state index contributed by atoms with van der Waals surface area (Å²) >= 11 is 9.20. The summed E-state index contributed by atoms with van der Waals surface area (Å²) in [5, 5.41) is 0. The van der Waals surface area contributed by atoms with E-state index < -0.39 is 0 Å². The monoisotopic (exact) mass is 294 g/mol. The van der Waals surface area contributed by atoms with Crippen molar-refractivity contribution in [3.8, 4) is 0 Å². The Morgan fingerprint density at radius 2 is 2.33 bits per heavy atom. The molecule has 3 heteroatoms. The van der Waals surface area contributed by atoms with E-state index in [-0.39, 0.29) is 5.60 Å². The molecule has 15 heavy (non-hydrogen) atoms. The van der Waals surface area contributed by atoms with Crippen LogP contribution in [0.5, 0.6) is 0 Å². The summed E-state index contributed by atoms with van der Waals surface area (Å²) in [6.07, 6.45) is 5.56. The molecule has 0 aromatic heterocycles. The number of rotatable bonds is 3. The molecule has 0 radical (unpaired) electrons. The van der Waals surface area contributed by atoms with E-state index in [0.717, 1.165) is 12.8 Å². The van der Waals surface area contributed by atoms with E-state index in [9.17, 15) is 0 Å². The minimum absolute atomic E-state index is 0.0304. The van der Waals surface area contributed by atoms with E-state index in [1.165, 1.54) is 6.42 Å². The minimum atomic E-state index is -0.0304. The Labute approximate surface area is 106 Å². The molecule has 1 saturated heterocycles. The van der Waals surface area contributed by atoms with Gasteiger partial charge in [-0.05, 0) is 39.0 Å². The Kier molecular flexibility index (Phi) is 5.14. The molecule has 0 aromatic carbocycles. The van der Waals surface area contributed by atoms with Gasteiger partial charge in [-0.3, -0.25) is 0 Å². The van der Waals surface area contributed by atoms with Crippen molar-refractivity contribution in [1.29, 1.82) is 0 Å². The molecule has 1 rings (SSSR count). The lowest BCUT2D eigenvalue weighted by Gasteiger charge is -2.43. The predicted octanol–water partition coefficient (Wildman–Crippen LogP) is 4.49. The Bertz CT molecular complexity index is 230. The van der Waals surface area contributed by atoms with Gasteiger partial charge in [0, 0.05) is 10.4 Å². The zero-order valence-corrected chi connectivity index (χ0v) is 12.0. The van der Waals surface area contributed by atoms with Gasteiger partial charge in [-0.2, -0.15) is 0 Å². The van der Waals surface area contributed by atoms with Crippen molar-refractivity contribution in [2.75, 3.05) is 0 Å². The van der Waals surface area contributed by atoms with Crippen LogP contribution in [0.4, 0.5) is 0 Å².